The molecule has 0 saturated heterocycles. The lowest BCUT2D eigenvalue weighted by molar-refractivity contribution is -0.120. The molecule has 25 heavy (non-hydrogen) atoms. The summed E-state index contributed by atoms with van der Waals surface area (Å²) in [6.07, 6.45) is 0.780. The van der Waals surface area contributed by atoms with Crippen molar-refractivity contribution in [3.63, 3.8) is 0 Å². The van der Waals surface area contributed by atoms with E-state index in [-0.39, 0.29) is 12.3 Å². The topological polar surface area (TPSA) is 81.2 Å². The summed E-state index contributed by atoms with van der Waals surface area (Å²) in [6.45, 7) is 4.12. The smallest absolute Gasteiger partial charge is 0.226 e. The van der Waals surface area contributed by atoms with Gasteiger partial charge in [-0.25, -0.2) is 4.98 Å². The predicted molar refractivity (Wildman–Crippen MR) is 93.3 cm³/mol. The maximum atomic E-state index is 12.1. The van der Waals surface area contributed by atoms with Gasteiger partial charge in [0.1, 0.15) is 11.5 Å². The fraction of sp³-hybridized carbons (Fsp3) is 0.278. The molecule has 130 valence electrons. The Morgan fingerprint density at radius 2 is 2.12 bits per heavy atom. The molecule has 1 N–H and O–H groups in total. The van der Waals surface area contributed by atoms with Crippen LogP contribution in [0.3, 0.4) is 0 Å². The van der Waals surface area contributed by atoms with Crippen LogP contribution in [-0.4, -0.2) is 22.6 Å². The van der Waals surface area contributed by atoms with Crippen LogP contribution < -0.4 is 5.32 Å². The minimum Gasteiger partial charge on any atom is -0.441 e. The maximum absolute atomic E-state index is 12.1. The number of benzene rings is 1. The Kier molecular flexibility index (Phi) is 5.19. The molecule has 0 fully saturated rings. The first-order valence-electron chi connectivity index (χ1n) is 7.92. The van der Waals surface area contributed by atoms with Crippen LogP contribution in [0.1, 0.15) is 22.9 Å². The van der Waals surface area contributed by atoms with E-state index >= 15 is 0 Å². The number of carbonyl (C=O) groups is 1. The molecule has 2 aromatic heterocycles. The van der Waals surface area contributed by atoms with Gasteiger partial charge in [-0.1, -0.05) is 22.8 Å². The molecule has 6 nitrogen and oxygen atoms in total. The molecule has 7 heteroatoms. The number of hydrogen-bond acceptors (Lipinski definition) is 5. The quantitative estimate of drug-likeness (QED) is 0.728. The molecule has 0 aliphatic carbocycles. The van der Waals surface area contributed by atoms with Crippen LogP contribution in [0, 0.1) is 13.8 Å². The van der Waals surface area contributed by atoms with Crippen molar-refractivity contribution >= 4 is 17.5 Å². The minimum atomic E-state index is -0.116. The van der Waals surface area contributed by atoms with Gasteiger partial charge >= 0.3 is 0 Å². The Morgan fingerprint density at radius 1 is 1.28 bits per heavy atom. The van der Waals surface area contributed by atoms with Gasteiger partial charge in [-0.05, 0) is 32.0 Å². The van der Waals surface area contributed by atoms with Crippen molar-refractivity contribution in [1.82, 2.24) is 15.5 Å². The first-order valence-corrected chi connectivity index (χ1v) is 8.30. The average Bonchev–Trinajstić information content (AvgIpc) is 3.14. The van der Waals surface area contributed by atoms with Crippen molar-refractivity contribution in [2.24, 2.45) is 0 Å². The number of aryl methyl sites for hydroxylation is 2. The molecule has 0 aliphatic heterocycles. The second-order valence-electron chi connectivity index (χ2n) is 5.74. The Labute approximate surface area is 150 Å². The van der Waals surface area contributed by atoms with Crippen molar-refractivity contribution in [3.8, 4) is 11.5 Å². The summed E-state index contributed by atoms with van der Waals surface area (Å²) in [6, 6.07) is 9.10. The number of hydrogen-bond donors (Lipinski definition) is 1. The van der Waals surface area contributed by atoms with E-state index < -0.39 is 0 Å². The number of aromatic nitrogens is 2. The summed E-state index contributed by atoms with van der Waals surface area (Å²) in [7, 11) is 0. The van der Waals surface area contributed by atoms with E-state index in [0.717, 1.165) is 17.0 Å². The van der Waals surface area contributed by atoms with Crippen LogP contribution in [-0.2, 0) is 17.6 Å². The lowest BCUT2D eigenvalue weighted by atomic mass is 10.2. The van der Waals surface area contributed by atoms with Gasteiger partial charge in [-0.3, -0.25) is 4.79 Å². The summed E-state index contributed by atoms with van der Waals surface area (Å²) < 4.78 is 10.7. The fourth-order valence-electron chi connectivity index (χ4n) is 2.42. The van der Waals surface area contributed by atoms with E-state index in [0.29, 0.717) is 35.3 Å². The molecule has 0 saturated carbocycles. The molecule has 0 atom stereocenters. The van der Waals surface area contributed by atoms with Gasteiger partial charge in [0.15, 0.2) is 0 Å². The molecule has 0 bridgehead atoms. The molecule has 0 radical (unpaired) electrons. The normalized spacial score (nSPS) is 10.8. The first kappa shape index (κ1) is 17.2. The second kappa shape index (κ2) is 7.53. The highest BCUT2D eigenvalue weighted by molar-refractivity contribution is 6.30. The monoisotopic (exact) mass is 359 g/mol. The van der Waals surface area contributed by atoms with Crippen molar-refractivity contribution in [1.29, 1.82) is 0 Å². The zero-order valence-corrected chi connectivity index (χ0v) is 14.8. The Balaban J connectivity index is 1.58. The van der Waals surface area contributed by atoms with Gasteiger partial charge in [0.2, 0.25) is 11.8 Å². The second-order valence-corrected chi connectivity index (χ2v) is 6.17. The SMILES string of the molecule is Cc1cc(CCNC(=O)Cc2nc(-c3cccc(Cl)c3)oc2C)no1. The zero-order chi connectivity index (χ0) is 17.8. The van der Waals surface area contributed by atoms with Gasteiger partial charge in [0, 0.05) is 29.6 Å². The number of rotatable bonds is 6. The van der Waals surface area contributed by atoms with E-state index in [4.69, 9.17) is 20.5 Å². The number of oxazole rings is 1. The van der Waals surface area contributed by atoms with E-state index in [9.17, 15) is 4.79 Å². The van der Waals surface area contributed by atoms with Gasteiger partial charge < -0.3 is 14.3 Å². The van der Waals surface area contributed by atoms with Gasteiger partial charge in [0.25, 0.3) is 0 Å². The number of nitrogens with zero attached hydrogens (tertiary/aromatic N) is 2. The zero-order valence-electron chi connectivity index (χ0n) is 14.0. The van der Waals surface area contributed by atoms with Crippen LogP contribution in [0.2, 0.25) is 5.02 Å². The lowest BCUT2D eigenvalue weighted by Crippen LogP contribution is -2.27. The van der Waals surface area contributed by atoms with E-state index in [1.807, 2.05) is 25.1 Å². The van der Waals surface area contributed by atoms with Crippen molar-refractivity contribution in [2.75, 3.05) is 6.54 Å². The minimum absolute atomic E-state index is 0.116. The average molecular weight is 360 g/mol. The third kappa shape index (κ3) is 4.48. The van der Waals surface area contributed by atoms with Crippen LogP contribution in [0.4, 0.5) is 0 Å². The number of halogens is 1. The summed E-state index contributed by atoms with van der Waals surface area (Å²) in [5.74, 6) is 1.72. The van der Waals surface area contributed by atoms with Crippen LogP contribution in [0.5, 0.6) is 0 Å². The molecule has 1 aromatic carbocycles. The molecule has 0 spiro atoms. The van der Waals surface area contributed by atoms with Crippen LogP contribution in [0.15, 0.2) is 39.3 Å². The van der Waals surface area contributed by atoms with Gasteiger partial charge in [-0.2, -0.15) is 0 Å². The van der Waals surface area contributed by atoms with E-state index in [1.54, 1.807) is 19.1 Å². The number of carbonyl (C=O) groups excluding carboxylic acids is 1. The van der Waals surface area contributed by atoms with Crippen LogP contribution in [0.25, 0.3) is 11.5 Å². The highest BCUT2D eigenvalue weighted by Crippen LogP contribution is 2.24. The Hall–Kier alpha value is -2.60. The fourth-order valence-corrected chi connectivity index (χ4v) is 2.61. The highest BCUT2D eigenvalue weighted by Gasteiger charge is 2.15. The largest absolute Gasteiger partial charge is 0.441 e. The number of nitrogens with one attached hydrogen (secondary N) is 1. The molecular weight excluding hydrogens is 342 g/mol. The standard InChI is InChI=1S/C18H18ClN3O3/c1-11-8-15(22-25-11)6-7-20-17(23)10-16-12(2)24-18(21-16)13-4-3-5-14(19)9-13/h3-5,8-9H,6-7,10H2,1-2H3,(H,20,23). The van der Waals surface area contributed by atoms with Crippen molar-refractivity contribution < 1.29 is 13.7 Å². The highest BCUT2D eigenvalue weighted by atomic mass is 35.5. The third-order valence-corrected chi connectivity index (χ3v) is 3.91. The van der Waals surface area contributed by atoms with E-state index in [2.05, 4.69) is 15.5 Å². The summed E-state index contributed by atoms with van der Waals surface area (Å²) in [5, 5.41) is 7.35. The van der Waals surface area contributed by atoms with Crippen molar-refractivity contribution in [3.05, 3.63) is 58.3 Å². The maximum Gasteiger partial charge on any atom is 0.226 e. The Bertz CT molecular complexity index is 885. The van der Waals surface area contributed by atoms with Crippen LogP contribution >= 0.6 is 11.6 Å². The summed E-state index contributed by atoms with van der Waals surface area (Å²) in [5.41, 5.74) is 2.21. The molecule has 3 rings (SSSR count). The molecular formula is C18H18ClN3O3. The molecule has 1 amide bonds. The van der Waals surface area contributed by atoms with Gasteiger partial charge in [0.05, 0.1) is 17.8 Å². The first-order chi connectivity index (χ1) is 12.0. The lowest BCUT2D eigenvalue weighted by Gasteiger charge is -2.02. The van der Waals surface area contributed by atoms with Crippen molar-refractivity contribution in [2.45, 2.75) is 26.7 Å². The third-order valence-electron chi connectivity index (χ3n) is 3.67. The van der Waals surface area contributed by atoms with Gasteiger partial charge in [-0.15, -0.1) is 0 Å². The summed E-state index contributed by atoms with van der Waals surface area (Å²) >= 11 is 5.99. The predicted octanol–water partition coefficient (Wildman–Crippen LogP) is 3.50. The van der Waals surface area contributed by atoms with E-state index in [1.165, 1.54) is 0 Å². The molecule has 3 aromatic rings. The molecule has 0 aliphatic rings. The molecule has 2 heterocycles. The number of amides is 1. The summed E-state index contributed by atoms with van der Waals surface area (Å²) in [4.78, 5) is 16.5. The Morgan fingerprint density at radius 3 is 2.84 bits per heavy atom. The molecule has 0 unspecified atom stereocenters.